The van der Waals surface area contributed by atoms with Gasteiger partial charge in [-0.2, -0.15) is 0 Å². The fourth-order valence-corrected chi connectivity index (χ4v) is 3.49. The molecule has 3 nitrogen and oxygen atoms in total. The number of esters is 1. The van der Waals surface area contributed by atoms with Crippen molar-refractivity contribution in [2.75, 3.05) is 18.0 Å². The molecule has 0 amide bonds. The topological polar surface area (TPSA) is 29.5 Å². The summed E-state index contributed by atoms with van der Waals surface area (Å²) >= 11 is 1.71. The predicted molar refractivity (Wildman–Crippen MR) is 110 cm³/mol. The summed E-state index contributed by atoms with van der Waals surface area (Å²) < 4.78 is 5.07. The Morgan fingerprint density at radius 2 is 1.38 bits per heavy atom. The van der Waals surface area contributed by atoms with E-state index < -0.39 is 0 Å². The van der Waals surface area contributed by atoms with Crippen molar-refractivity contribution >= 4 is 23.4 Å². The lowest BCUT2D eigenvalue weighted by molar-refractivity contribution is -0.131. The molecule has 0 aromatic heterocycles. The first kappa shape index (κ1) is 20.4. The van der Waals surface area contributed by atoms with Crippen LogP contribution >= 0.6 is 11.8 Å². The van der Waals surface area contributed by atoms with E-state index in [0.717, 1.165) is 18.0 Å². The Kier molecular flexibility index (Phi) is 8.56. The fraction of sp³-hybridized carbons (Fsp3) is 0.409. The van der Waals surface area contributed by atoms with Gasteiger partial charge in [0.1, 0.15) is 5.75 Å². The zero-order valence-corrected chi connectivity index (χ0v) is 16.8. The van der Waals surface area contributed by atoms with Crippen molar-refractivity contribution < 1.29 is 9.53 Å². The van der Waals surface area contributed by atoms with Crippen LogP contribution in [0.2, 0.25) is 0 Å². The van der Waals surface area contributed by atoms with Crippen LogP contribution in [0.1, 0.15) is 46.5 Å². The van der Waals surface area contributed by atoms with Crippen LogP contribution in [0.5, 0.6) is 5.75 Å². The summed E-state index contributed by atoms with van der Waals surface area (Å²) in [5.41, 5.74) is 1.31. The number of rotatable bonds is 10. The highest BCUT2D eigenvalue weighted by atomic mass is 32.2. The summed E-state index contributed by atoms with van der Waals surface area (Å²) in [6, 6.07) is 16.4. The summed E-state index contributed by atoms with van der Waals surface area (Å²) in [7, 11) is 0. The highest BCUT2D eigenvalue weighted by Crippen LogP contribution is 2.30. The van der Waals surface area contributed by atoms with Gasteiger partial charge in [0.25, 0.3) is 0 Å². The van der Waals surface area contributed by atoms with Crippen LogP contribution in [0.4, 0.5) is 5.69 Å². The van der Waals surface area contributed by atoms with Gasteiger partial charge < -0.3 is 9.64 Å². The van der Waals surface area contributed by atoms with Crippen molar-refractivity contribution in [2.24, 2.45) is 0 Å². The normalized spacial score (nSPS) is 10.6. The summed E-state index contributed by atoms with van der Waals surface area (Å²) in [4.78, 5) is 15.8. The largest absolute Gasteiger partial charge is 0.427 e. The zero-order chi connectivity index (χ0) is 18.8. The van der Waals surface area contributed by atoms with Crippen molar-refractivity contribution in [1.29, 1.82) is 0 Å². The first-order chi connectivity index (χ1) is 12.6. The molecule has 2 aromatic rings. The number of hydrogen-bond acceptors (Lipinski definition) is 4. The lowest BCUT2D eigenvalue weighted by Crippen LogP contribution is -2.25. The number of benzene rings is 2. The molecule has 0 aliphatic rings. The minimum Gasteiger partial charge on any atom is -0.427 e. The van der Waals surface area contributed by atoms with E-state index in [1.54, 1.807) is 11.8 Å². The minimum absolute atomic E-state index is 0.295. The molecule has 2 rings (SSSR count). The molecule has 4 heteroatoms. The molecule has 0 aliphatic carbocycles. The monoisotopic (exact) mass is 371 g/mol. The Hall–Kier alpha value is -1.94. The summed E-state index contributed by atoms with van der Waals surface area (Å²) in [6.45, 7) is 8.14. The molecular weight excluding hydrogens is 342 g/mol. The van der Waals surface area contributed by atoms with Crippen molar-refractivity contribution in [3.63, 3.8) is 0 Å². The number of hydrogen-bond donors (Lipinski definition) is 0. The van der Waals surface area contributed by atoms with Crippen LogP contribution in [0, 0.1) is 0 Å². The van der Waals surface area contributed by atoms with Crippen LogP contribution < -0.4 is 9.64 Å². The van der Waals surface area contributed by atoms with Gasteiger partial charge in [-0.15, -0.1) is 0 Å². The van der Waals surface area contributed by atoms with Gasteiger partial charge in [0.15, 0.2) is 0 Å². The summed E-state index contributed by atoms with van der Waals surface area (Å²) in [6.07, 6.45) is 4.91. The second kappa shape index (κ2) is 10.9. The van der Waals surface area contributed by atoms with Crippen LogP contribution in [-0.4, -0.2) is 19.1 Å². The van der Waals surface area contributed by atoms with Gasteiger partial charge in [0.2, 0.25) is 0 Å². The number of unbranched alkanes of at least 4 members (excludes halogenated alkanes) is 2. The maximum Gasteiger partial charge on any atom is 0.308 e. The third-order valence-corrected chi connectivity index (χ3v) is 5.10. The standard InChI is InChI=1S/C22H29NO2S/c1-4-6-16-23(17-7-5-2)19-8-12-21(13-9-19)26-22-14-10-20(11-15-22)25-18(3)24/h8-15H,4-7,16-17H2,1-3H3. The van der Waals surface area contributed by atoms with Crippen molar-refractivity contribution in [3.05, 3.63) is 48.5 Å². The van der Waals surface area contributed by atoms with Gasteiger partial charge in [0.05, 0.1) is 0 Å². The zero-order valence-electron chi connectivity index (χ0n) is 16.0. The molecule has 0 unspecified atom stereocenters. The minimum atomic E-state index is -0.295. The number of nitrogens with zero attached hydrogens (tertiary/aromatic N) is 1. The third kappa shape index (κ3) is 6.75. The van der Waals surface area contributed by atoms with E-state index in [2.05, 4.69) is 43.0 Å². The Morgan fingerprint density at radius 1 is 0.885 bits per heavy atom. The molecule has 0 atom stereocenters. The van der Waals surface area contributed by atoms with Crippen molar-refractivity contribution in [1.82, 2.24) is 0 Å². The van der Waals surface area contributed by atoms with Gasteiger partial charge in [-0.25, -0.2) is 0 Å². The second-order valence-corrected chi connectivity index (χ2v) is 7.50. The van der Waals surface area contributed by atoms with Gasteiger partial charge in [-0.1, -0.05) is 38.5 Å². The van der Waals surface area contributed by atoms with E-state index >= 15 is 0 Å². The molecule has 0 spiro atoms. The molecule has 0 fully saturated rings. The molecular formula is C22H29NO2S. The molecule has 0 N–H and O–H groups in total. The number of ether oxygens (including phenoxy) is 1. The third-order valence-electron chi connectivity index (χ3n) is 4.09. The van der Waals surface area contributed by atoms with Gasteiger partial charge in [0, 0.05) is 35.5 Å². The molecule has 140 valence electrons. The first-order valence-corrected chi connectivity index (χ1v) is 10.3. The van der Waals surface area contributed by atoms with Crippen molar-refractivity contribution in [3.8, 4) is 5.75 Å². The van der Waals surface area contributed by atoms with E-state index in [9.17, 15) is 4.79 Å². The molecule has 2 aromatic carbocycles. The lowest BCUT2D eigenvalue weighted by Gasteiger charge is -2.24. The quantitative estimate of drug-likeness (QED) is 0.369. The lowest BCUT2D eigenvalue weighted by atomic mass is 10.2. The van der Waals surface area contributed by atoms with Gasteiger partial charge >= 0.3 is 5.97 Å². The number of carbonyl (C=O) groups is 1. The number of anilines is 1. The molecule has 0 saturated heterocycles. The van der Waals surface area contributed by atoms with Crippen LogP contribution in [-0.2, 0) is 4.79 Å². The van der Waals surface area contributed by atoms with Crippen LogP contribution in [0.3, 0.4) is 0 Å². The highest BCUT2D eigenvalue weighted by Gasteiger charge is 2.06. The summed E-state index contributed by atoms with van der Waals surface area (Å²) in [5, 5.41) is 0. The highest BCUT2D eigenvalue weighted by molar-refractivity contribution is 7.99. The van der Waals surface area contributed by atoms with E-state index in [1.807, 2.05) is 24.3 Å². The summed E-state index contributed by atoms with van der Waals surface area (Å²) in [5.74, 6) is 0.288. The predicted octanol–water partition coefficient (Wildman–Crippen LogP) is 6.17. The smallest absolute Gasteiger partial charge is 0.308 e. The van der Waals surface area contributed by atoms with Crippen molar-refractivity contribution in [2.45, 2.75) is 56.2 Å². The number of carbonyl (C=O) groups excluding carboxylic acids is 1. The average molecular weight is 372 g/mol. The fourth-order valence-electron chi connectivity index (χ4n) is 2.67. The Morgan fingerprint density at radius 3 is 1.85 bits per heavy atom. The first-order valence-electron chi connectivity index (χ1n) is 9.43. The Labute approximate surface area is 161 Å². The molecule has 0 heterocycles. The second-order valence-electron chi connectivity index (χ2n) is 6.36. The molecule has 0 radical (unpaired) electrons. The average Bonchev–Trinajstić information content (AvgIpc) is 2.64. The van der Waals surface area contributed by atoms with E-state index in [1.165, 1.54) is 43.2 Å². The Bertz CT molecular complexity index is 660. The molecule has 26 heavy (non-hydrogen) atoms. The van der Waals surface area contributed by atoms with Crippen LogP contribution in [0.25, 0.3) is 0 Å². The maximum atomic E-state index is 11.0. The molecule has 0 saturated carbocycles. The van der Waals surface area contributed by atoms with E-state index in [0.29, 0.717) is 5.75 Å². The SMILES string of the molecule is CCCCN(CCCC)c1ccc(Sc2ccc(OC(C)=O)cc2)cc1. The Balaban J connectivity index is 1.99. The van der Waals surface area contributed by atoms with Crippen LogP contribution in [0.15, 0.2) is 58.3 Å². The van der Waals surface area contributed by atoms with Gasteiger partial charge in [-0.3, -0.25) is 4.79 Å². The van der Waals surface area contributed by atoms with Gasteiger partial charge in [-0.05, 0) is 61.4 Å². The molecule has 0 aliphatic heterocycles. The van der Waals surface area contributed by atoms with E-state index in [-0.39, 0.29) is 5.97 Å². The van der Waals surface area contributed by atoms with E-state index in [4.69, 9.17) is 4.74 Å². The molecule has 0 bridgehead atoms. The maximum absolute atomic E-state index is 11.0.